The second-order valence-corrected chi connectivity index (χ2v) is 7.27. The van der Waals surface area contributed by atoms with E-state index in [0.717, 1.165) is 16.5 Å². The van der Waals surface area contributed by atoms with Crippen molar-refractivity contribution >= 4 is 28.9 Å². The summed E-state index contributed by atoms with van der Waals surface area (Å²) in [5.74, 6) is -1.64. The van der Waals surface area contributed by atoms with Gasteiger partial charge in [-0.05, 0) is 29.3 Å². The Hall–Kier alpha value is -4.45. The Morgan fingerprint density at radius 1 is 0.727 bits per heavy atom. The number of esters is 2. The number of carbonyl (C=O) groups excluding carboxylic acids is 2. The zero-order chi connectivity index (χ0) is 23.0. The van der Waals surface area contributed by atoms with Crippen molar-refractivity contribution in [3.8, 4) is 5.75 Å². The van der Waals surface area contributed by atoms with Crippen LogP contribution < -0.4 is 0 Å². The van der Waals surface area contributed by atoms with Gasteiger partial charge in [0.05, 0.1) is 5.69 Å². The van der Waals surface area contributed by atoms with E-state index in [4.69, 9.17) is 9.47 Å². The maximum Gasteiger partial charge on any atom is 0.345 e. The molecule has 0 saturated carbocycles. The van der Waals surface area contributed by atoms with Gasteiger partial charge in [-0.1, -0.05) is 78.9 Å². The van der Waals surface area contributed by atoms with Crippen LogP contribution in [0.1, 0.15) is 16.8 Å². The fourth-order valence-corrected chi connectivity index (χ4v) is 3.18. The molecule has 0 radical (unpaired) electrons. The maximum absolute atomic E-state index is 12.8. The molecular formula is C27H21NO5. The number of para-hydroxylation sites is 1. The molecule has 0 aliphatic carbocycles. The maximum atomic E-state index is 12.8. The SMILES string of the molecule is O=C(OCc1ccccc1)C(=Cc1ccc2cccc(O)c2n1)C(=O)OCc1ccccc1. The number of aromatic nitrogens is 1. The molecule has 33 heavy (non-hydrogen) atoms. The van der Waals surface area contributed by atoms with Gasteiger partial charge in [-0.2, -0.15) is 0 Å². The first-order valence-corrected chi connectivity index (χ1v) is 10.3. The first-order valence-electron chi connectivity index (χ1n) is 10.3. The topological polar surface area (TPSA) is 85.7 Å². The summed E-state index contributed by atoms with van der Waals surface area (Å²) in [6, 6.07) is 26.8. The molecule has 0 amide bonds. The summed E-state index contributed by atoms with van der Waals surface area (Å²) in [5, 5.41) is 10.8. The highest BCUT2D eigenvalue weighted by Gasteiger charge is 2.22. The van der Waals surface area contributed by atoms with Crippen molar-refractivity contribution in [2.75, 3.05) is 0 Å². The minimum Gasteiger partial charge on any atom is -0.506 e. The van der Waals surface area contributed by atoms with Crippen LogP contribution in [0, 0.1) is 0 Å². The van der Waals surface area contributed by atoms with Crippen LogP contribution >= 0.6 is 0 Å². The fraction of sp³-hybridized carbons (Fsp3) is 0.0741. The van der Waals surface area contributed by atoms with Crippen molar-refractivity contribution in [1.82, 2.24) is 4.98 Å². The van der Waals surface area contributed by atoms with Crippen LogP contribution in [0.2, 0.25) is 0 Å². The summed E-state index contributed by atoms with van der Waals surface area (Å²) in [4.78, 5) is 30.0. The van der Waals surface area contributed by atoms with Crippen LogP contribution in [-0.4, -0.2) is 22.0 Å². The molecule has 0 unspecified atom stereocenters. The van der Waals surface area contributed by atoms with Crippen LogP contribution in [0.25, 0.3) is 17.0 Å². The molecule has 1 aromatic heterocycles. The molecule has 3 aromatic carbocycles. The van der Waals surface area contributed by atoms with Crippen molar-refractivity contribution in [1.29, 1.82) is 0 Å². The van der Waals surface area contributed by atoms with Crippen molar-refractivity contribution in [3.63, 3.8) is 0 Å². The van der Waals surface area contributed by atoms with Crippen LogP contribution in [0.3, 0.4) is 0 Å². The number of aromatic hydroxyl groups is 1. The zero-order valence-electron chi connectivity index (χ0n) is 17.7. The number of nitrogens with zero attached hydrogens (tertiary/aromatic N) is 1. The zero-order valence-corrected chi connectivity index (χ0v) is 17.7. The summed E-state index contributed by atoms with van der Waals surface area (Å²) < 4.78 is 10.7. The van der Waals surface area contributed by atoms with Gasteiger partial charge in [0.25, 0.3) is 0 Å². The normalized spacial score (nSPS) is 10.4. The number of pyridine rings is 1. The van der Waals surface area contributed by atoms with Crippen molar-refractivity contribution < 1.29 is 24.2 Å². The molecule has 0 aliphatic rings. The Balaban J connectivity index is 1.60. The summed E-state index contributed by atoms with van der Waals surface area (Å²) in [6.07, 6.45) is 1.31. The minimum absolute atomic E-state index is 0.00242. The summed E-state index contributed by atoms with van der Waals surface area (Å²) >= 11 is 0. The summed E-state index contributed by atoms with van der Waals surface area (Å²) in [6.45, 7) is 0.0177. The molecule has 1 heterocycles. The number of benzene rings is 3. The Morgan fingerprint density at radius 2 is 1.30 bits per heavy atom. The highest BCUT2D eigenvalue weighted by Crippen LogP contribution is 2.23. The fourth-order valence-electron chi connectivity index (χ4n) is 3.18. The number of phenolic OH excluding ortho intramolecular Hbond substituents is 1. The van der Waals surface area contributed by atoms with Gasteiger partial charge in [0, 0.05) is 5.39 Å². The Labute approximate surface area is 190 Å². The van der Waals surface area contributed by atoms with E-state index in [1.54, 1.807) is 24.3 Å². The highest BCUT2D eigenvalue weighted by atomic mass is 16.6. The minimum atomic E-state index is -0.823. The Kier molecular flexibility index (Phi) is 6.75. The van der Waals surface area contributed by atoms with Crippen LogP contribution in [0.5, 0.6) is 5.75 Å². The Bertz CT molecular complexity index is 1240. The number of fused-ring (bicyclic) bond motifs is 1. The Morgan fingerprint density at radius 3 is 1.88 bits per heavy atom. The molecular weight excluding hydrogens is 418 g/mol. The van der Waals surface area contributed by atoms with E-state index in [0.29, 0.717) is 11.2 Å². The van der Waals surface area contributed by atoms with Crippen LogP contribution in [-0.2, 0) is 32.3 Å². The van der Waals surface area contributed by atoms with Gasteiger partial charge in [0.1, 0.15) is 30.1 Å². The summed E-state index contributed by atoms with van der Waals surface area (Å²) in [7, 11) is 0. The first kappa shape index (κ1) is 21.8. The predicted octanol–water partition coefficient (Wildman–Crippen LogP) is 4.81. The third-order valence-corrected chi connectivity index (χ3v) is 4.88. The molecule has 4 aromatic rings. The second-order valence-electron chi connectivity index (χ2n) is 7.27. The van der Waals surface area contributed by atoms with Crippen molar-refractivity contribution in [3.05, 3.63) is 113 Å². The van der Waals surface area contributed by atoms with E-state index in [-0.39, 0.29) is 24.5 Å². The molecule has 4 rings (SSSR count). The lowest BCUT2D eigenvalue weighted by molar-refractivity contribution is -0.148. The van der Waals surface area contributed by atoms with Crippen molar-refractivity contribution in [2.45, 2.75) is 13.2 Å². The smallest absolute Gasteiger partial charge is 0.345 e. The lowest BCUT2D eigenvalue weighted by atomic mass is 10.1. The molecule has 0 atom stereocenters. The number of hydrogen-bond acceptors (Lipinski definition) is 6. The van der Waals surface area contributed by atoms with E-state index >= 15 is 0 Å². The molecule has 6 heteroatoms. The molecule has 0 fully saturated rings. The predicted molar refractivity (Wildman–Crippen MR) is 124 cm³/mol. The van der Waals surface area contributed by atoms with Gasteiger partial charge >= 0.3 is 11.9 Å². The number of hydrogen-bond donors (Lipinski definition) is 1. The second kappa shape index (κ2) is 10.2. The highest BCUT2D eigenvalue weighted by molar-refractivity contribution is 6.17. The number of carbonyl (C=O) groups is 2. The molecule has 0 saturated heterocycles. The molecule has 0 bridgehead atoms. The standard InChI is InChI=1S/C27H21NO5/c29-24-13-7-12-21-14-15-22(28-25(21)24)16-23(26(30)32-17-19-8-3-1-4-9-19)27(31)33-18-20-10-5-2-6-11-20/h1-16,29H,17-18H2. The number of ether oxygens (including phenoxy) is 2. The van der Waals surface area contributed by atoms with Gasteiger partial charge in [-0.25, -0.2) is 14.6 Å². The molecule has 6 nitrogen and oxygen atoms in total. The number of rotatable bonds is 7. The van der Waals surface area contributed by atoms with Crippen LogP contribution in [0.4, 0.5) is 0 Å². The van der Waals surface area contributed by atoms with Gasteiger partial charge in [0.15, 0.2) is 0 Å². The molecule has 0 spiro atoms. The van der Waals surface area contributed by atoms with Crippen LogP contribution in [0.15, 0.2) is 96.6 Å². The lowest BCUT2D eigenvalue weighted by Gasteiger charge is -2.10. The van der Waals surface area contributed by atoms with E-state index in [9.17, 15) is 14.7 Å². The third kappa shape index (κ3) is 5.62. The monoisotopic (exact) mass is 439 g/mol. The largest absolute Gasteiger partial charge is 0.506 e. The quantitative estimate of drug-likeness (QED) is 0.192. The first-order chi connectivity index (χ1) is 16.1. The van der Waals surface area contributed by atoms with E-state index in [2.05, 4.69) is 4.98 Å². The van der Waals surface area contributed by atoms with Crippen molar-refractivity contribution in [2.24, 2.45) is 0 Å². The average molecular weight is 439 g/mol. The third-order valence-electron chi connectivity index (χ3n) is 4.88. The molecule has 164 valence electrons. The molecule has 1 N–H and O–H groups in total. The van der Waals surface area contributed by atoms with Gasteiger partial charge in [0.2, 0.25) is 0 Å². The van der Waals surface area contributed by atoms with Gasteiger partial charge in [-0.3, -0.25) is 0 Å². The number of phenols is 1. The van der Waals surface area contributed by atoms with E-state index in [1.165, 1.54) is 12.1 Å². The van der Waals surface area contributed by atoms with E-state index in [1.807, 2.05) is 60.7 Å². The average Bonchev–Trinajstić information content (AvgIpc) is 2.86. The van der Waals surface area contributed by atoms with Gasteiger partial charge < -0.3 is 14.6 Å². The molecule has 0 aliphatic heterocycles. The van der Waals surface area contributed by atoms with Gasteiger partial charge in [-0.15, -0.1) is 0 Å². The van der Waals surface area contributed by atoms with E-state index < -0.39 is 11.9 Å². The lowest BCUT2D eigenvalue weighted by Crippen LogP contribution is -2.18. The summed E-state index contributed by atoms with van der Waals surface area (Å²) in [5.41, 5.74) is 1.96.